The van der Waals surface area contributed by atoms with Gasteiger partial charge < -0.3 is 5.32 Å². The van der Waals surface area contributed by atoms with Crippen LogP contribution in [0.15, 0.2) is 42.6 Å². The Morgan fingerprint density at radius 1 is 1.21 bits per heavy atom. The lowest BCUT2D eigenvalue weighted by atomic mass is 10.0. The second kappa shape index (κ2) is 7.05. The fraction of sp³-hybridized carbons (Fsp3) is 0.353. The van der Waals surface area contributed by atoms with Crippen molar-refractivity contribution in [3.63, 3.8) is 0 Å². The highest BCUT2D eigenvalue weighted by atomic mass is 14.8. The van der Waals surface area contributed by atoms with Gasteiger partial charge in [0.05, 0.1) is 5.52 Å². The first-order valence-corrected chi connectivity index (χ1v) is 7.04. The number of aromatic nitrogens is 1. The van der Waals surface area contributed by atoms with Gasteiger partial charge in [-0.1, -0.05) is 37.3 Å². The van der Waals surface area contributed by atoms with Crippen LogP contribution in [0.5, 0.6) is 0 Å². The monoisotopic (exact) mass is 254 g/mol. The predicted octanol–water partition coefficient (Wildman–Crippen LogP) is 4.03. The Morgan fingerprint density at radius 2 is 2.05 bits per heavy atom. The van der Waals surface area contributed by atoms with Crippen molar-refractivity contribution in [2.45, 2.75) is 26.7 Å². The zero-order chi connectivity index (χ0) is 13.5. The second-order valence-corrected chi connectivity index (χ2v) is 4.81. The van der Waals surface area contributed by atoms with Crippen LogP contribution in [0.25, 0.3) is 16.5 Å². The largest absolute Gasteiger partial charge is 0.316 e. The van der Waals surface area contributed by atoms with Crippen molar-refractivity contribution in [3.05, 3.63) is 48.2 Å². The molecule has 0 saturated heterocycles. The molecule has 2 rings (SSSR count). The lowest BCUT2D eigenvalue weighted by Crippen LogP contribution is -2.15. The molecule has 0 atom stereocenters. The number of fused-ring (bicyclic) bond motifs is 1. The number of nitrogens with one attached hydrogen (secondary N) is 1. The lowest BCUT2D eigenvalue weighted by molar-refractivity contribution is 0.678. The van der Waals surface area contributed by atoms with E-state index in [1.54, 1.807) is 0 Å². The molecule has 0 radical (unpaired) electrons. The van der Waals surface area contributed by atoms with Gasteiger partial charge in [0.1, 0.15) is 0 Å². The van der Waals surface area contributed by atoms with E-state index in [1.807, 2.05) is 12.3 Å². The molecule has 2 nitrogen and oxygen atoms in total. The van der Waals surface area contributed by atoms with Crippen LogP contribution in [0, 0.1) is 0 Å². The summed E-state index contributed by atoms with van der Waals surface area (Å²) in [5.74, 6) is 0. The smallest absolute Gasteiger partial charge is 0.0776 e. The maximum atomic E-state index is 4.50. The number of pyridine rings is 1. The molecule has 0 amide bonds. The molecular formula is C17H22N2. The summed E-state index contributed by atoms with van der Waals surface area (Å²) in [7, 11) is 0. The number of para-hydroxylation sites is 1. The van der Waals surface area contributed by atoms with E-state index >= 15 is 0 Å². The van der Waals surface area contributed by atoms with E-state index in [4.69, 9.17) is 0 Å². The van der Waals surface area contributed by atoms with Crippen LogP contribution in [0.4, 0.5) is 0 Å². The van der Waals surface area contributed by atoms with E-state index in [-0.39, 0.29) is 0 Å². The molecule has 0 unspecified atom stereocenters. The summed E-state index contributed by atoms with van der Waals surface area (Å²) in [6.45, 7) is 6.51. The predicted molar refractivity (Wildman–Crippen MR) is 83.2 cm³/mol. The van der Waals surface area contributed by atoms with E-state index in [0.29, 0.717) is 0 Å². The number of hydrogen-bond acceptors (Lipinski definition) is 2. The van der Waals surface area contributed by atoms with Crippen molar-refractivity contribution < 1.29 is 0 Å². The minimum absolute atomic E-state index is 1.05. The molecule has 19 heavy (non-hydrogen) atoms. The molecule has 1 heterocycles. The average molecular weight is 254 g/mol. The molecule has 1 aromatic heterocycles. The van der Waals surface area contributed by atoms with E-state index in [1.165, 1.54) is 22.9 Å². The Kier molecular flexibility index (Phi) is 5.10. The highest BCUT2D eigenvalue weighted by Crippen LogP contribution is 2.23. The van der Waals surface area contributed by atoms with Gasteiger partial charge in [0, 0.05) is 17.1 Å². The standard InChI is InChI=1S/C17H22N2/c1-3-11-18-12-5-7-14(2)16-10-4-8-15-9-6-13-19-17(15)16/h4,6-10,13,18H,3,5,11-12H2,1-2H3/b14-7-. The number of benzene rings is 1. The van der Waals surface area contributed by atoms with Crippen molar-refractivity contribution in [2.75, 3.05) is 13.1 Å². The summed E-state index contributed by atoms with van der Waals surface area (Å²) >= 11 is 0. The number of allylic oxidation sites excluding steroid dienone is 1. The third kappa shape index (κ3) is 3.65. The summed E-state index contributed by atoms with van der Waals surface area (Å²) < 4.78 is 0. The van der Waals surface area contributed by atoms with E-state index in [9.17, 15) is 0 Å². The molecule has 2 heteroatoms. The highest BCUT2D eigenvalue weighted by Gasteiger charge is 2.02. The van der Waals surface area contributed by atoms with Crippen molar-refractivity contribution in [3.8, 4) is 0 Å². The van der Waals surface area contributed by atoms with Crippen LogP contribution >= 0.6 is 0 Å². The van der Waals surface area contributed by atoms with Crippen LogP contribution < -0.4 is 5.32 Å². The fourth-order valence-corrected chi connectivity index (χ4v) is 2.22. The van der Waals surface area contributed by atoms with Crippen molar-refractivity contribution in [2.24, 2.45) is 0 Å². The van der Waals surface area contributed by atoms with Gasteiger partial charge in [-0.2, -0.15) is 0 Å². The fourth-order valence-electron chi connectivity index (χ4n) is 2.22. The first kappa shape index (κ1) is 13.8. The minimum atomic E-state index is 1.05. The molecule has 1 N–H and O–H groups in total. The molecule has 0 bridgehead atoms. The maximum absolute atomic E-state index is 4.50. The molecule has 0 spiro atoms. The van der Waals surface area contributed by atoms with Crippen LogP contribution in [0.1, 0.15) is 32.3 Å². The third-order valence-electron chi connectivity index (χ3n) is 3.26. The molecule has 1 aromatic carbocycles. The number of rotatable bonds is 6. The Bertz CT molecular complexity index is 553. The molecule has 0 aliphatic heterocycles. The average Bonchev–Trinajstić information content (AvgIpc) is 2.46. The molecule has 0 fully saturated rings. The zero-order valence-corrected chi connectivity index (χ0v) is 11.8. The number of nitrogens with zero attached hydrogens (tertiary/aromatic N) is 1. The first-order valence-electron chi connectivity index (χ1n) is 7.04. The Labute approximate surface area is 115 Å². The van der Waals surface area contributed by atoms with Gasteiger partial charge in [0.2, 0.25) is 0 Å². The summed E-state index contributed by atoms with van der Waals surface area (Å²) in [6, 6.07) is 10.5. The van der Waals surface area contributed by atoms with Gasteiger partial charge in [-0.05, 0) is 44.5 Å². The molecule has 0 aliphatic carbocycles. The summed E-state index contributed by atoms with van der Waals surface area (Å²) in [4.78, 5) is 4.50. The van der Waals surface area contributed by atoms with Gasteiger partial charge in [-0.3, -0.25) is 4.98 Å². The summed E-state index contributed by atoms with van der Waals surface area (Å²) in [6.07, 6.45) is 6.42. The van der Waals surface area contributed by atoms with Crippen LogP contribution in [-0.4, -0.2) is 18.1 Å². The van der Waals surface area contributed by atoms with E-state index < -0.39 is 0 Å². The topological polar surface area (TPSA) is 24.9 Å². The molecule has 100 valence electrons. The Balaban J connectivity index is 2.12. The number of hydrogen-bond donors (Lipinski definition) is 1. The second-order valence-electron chi connectivity index (χ2n) is 4.81. The molecule has 2 aromatic rings. The van der Waals surface area contributed by atoms with Gasteiger partial charge in [0.15, 0.2) is 0 Å². The van der Waals surface area contributed by atoms with E-state index in [2.05, 4.69) is 54.5 Å². The SMILES string of the molecule is CCCNCC/C=C(/C)c1cccc2cccnc12. The van der Waals surface area contributed by atoms with Crippen LogP contribution in [0.3, 0.4) is 0 Å². The third-order valence-corrected chi connectivity index (χ3v) is 3.26. The lowest BCUT2D eigenvalue weighted by Gasteiger charge is -2.06. The van der Waals surface area contributed by atoms with Gasteiger partial charge >= 0.3 is 0 Å². The molecular weight excluding hydrogens is 232 g/mol. The first-order chi connectivity index (χ1) is 9.33. The minimum Gasteiger partial charge on any atom is -0.316 e. The highest BCUT2D eigenvalue weighted by molar-refractivity contribution is 5.90. The molecule has 0 aliphatic rings. The molecule has 0 saturated carbocycles. The zero-order valence-electron chi connectivity index (χ0n) is 11.8. The van der Waals surface area contributed by atoms with E-state index in [0.717, 1.165) is 25.0 Å². The van der Waals surface area contributed by atoms with Crippen molar-refractivity contribution in [1.82, 2.24) is 10.3 Å². The summed E-state index contributed by atoms with van der Waals surface area (Å²) in [5.41, 5.74) is 3.65. The van der Waals surface area contributed by atoms with Crippen molar-refractivity contribution in [1.29, 1.82) is 0 Å². The van der Waals surface area contributed by atoms with Gasteiger partial charge in [0.25, 0.3) is 0 Å². The van der Waals surface area contributed by atoms with Gasteiger partial charge in [-0.15, -0.1) is 0 Å². The normalized spacial score (nSPS) is 12.0. The van der Waals surface area contributed by atoms with Crippen LogP contribution in [0.2, 0.25) is 0 Å². The van der Waals surface area contributed by atoms with Crippen molar-refractivity contribution >= 4 is 16.5 Å². The van der Waals surface area contributed by atoms with Gasteiger partial charge in [-0.25, -0.2) is 0 Å². The quantitative estimate of drug-likeness (QED) is 0.787. The Morgan fingerprint density at radius 3 is 2.89 bits per heavy atom. The Hall–Kier alpha value is -1.67. The van der Waals surface area contributed by atoms with Crippen LogP contribution in [-0.2, 0) is 0 Å². The summed E-state index contributed by atoms with van der Waals surface area (Å²) in [5, 5.41) is 4.62. The maximum Gasteiger partial charge on any atom is 0.0776 e.